The van der Waals surface area contributed by atoms with Crippen molar-refractivity contribution < 1.29 is 0 Å². The molecule has 2 aliphatic heterocycles. The molecule has 0 aromatic carbocycles. The Bertz CT molecular complexity index is 216. The molecule has 3 atom stereocenters. The molecule has 0 aromatic heterocycles. The van der Waals surface area contributed by atoms with E-state index < -0.39 is 0 Å². The summed E-state index contributed by atoms with van der Waals surface area (Å²) < 4.78 is 0. The second-order valence-corrected chi connectivity index (χ2v) is 5.64. The van der Waals surface area contributed by atoms with Gasteiger partial charge in [-0.05, 0) is 44.8 Å². The van der Waals surface area contributed by atoms with Gasteiger partial charge >= 0.3 is 0 Å². The highest BCUT2D eigenvalue weighted by molar-refractivity contribution is 5.85. The number of rotatable bonds is 1. The van der Waals surface area contributed by atoms with E-state index in [9.17, 15) is 0 Å². The molecule has 1 saturated carbocycles. The number of hydrogen-bond donors (Lipinski definition) is 1. The average molecular weight is 246 g/mol. The molecular weight excluding hydrogens is 222 g/mol. The molecular formula is C12H24ClN3. The van der Waals surface area contributed by atoms with Gasteiger partial charge in [-0.2, -0.15) is 0 Å². The summed E-state index contributed by atoms with van der Waals surface area (Å²) in [6.45, 7) is 7.71. The molecule has 3 fully saturated rings. The van der Waals surface area contributed by atoms with Crippen molar-refractivity contribution >= 4 is 12.4 Å². The number of piperazine rings is 1. The summed E-state index contributed by atoms with van der Waals surface area (Å²) in [7, 11) is 2.24. The Kier molecular flexibility index (Phi) is 4.11. The van der Waals surface area contributed by atoms with Crippen molar-refractivity contribution in [2.24, 2.45) is 11.8 Å². The molecule has 0 amide bonds. The minimum absolute atomic E-state index is 0. The topological polar surface area (TPSA) is 18.5 Å². The summed E-state index contributed by atoms with van der Waals surface area (Å²) in [6, 6.07) is 0.913. The maximum absolute atomic E-state index is 3.53. The van der Waals surface area contributed by atoms with Gasteiger partial charge in [-0.3, -0.25) is 4.90 Å². The zero-order valence-electron chi connectivity index (χ0n) is 10.2. The standard InChI is InChI=1S/C12H23N3.ClH/c1-14-2-4-15(5-3-14)12-6-10-8-13-9-11(10)7-12;/h10-13H,2-9H2,1H3;1H/t10-,11+,12?;. The van der Waals surface area contributed by atoms with Crippen LogP contribution in [0.15, 0.2) is 0 Å². The summed E-state index contributed by atoms with van der Waals surface area (Å²) in [5.41, 5.74) is 0. The normalized spacial score (nSPS) is 40.7. The van der Waals surface area contributed by atoms with Crippen LogP contribution in [0, 0.1) is 11.8 Å². The molecule has 0 radical (unpaired) electrons. The van der Waals surface area contributed by atoms with Gasteiger partial charge in [0.05, 0.1) is 0 Å². The van der Waals surface area contributed by atoms with Crippen LogP contribution in [0.1, 0.15) is 12.8 Å². The lowest BCUT2D eigenvalue weighted by Gasteiger charge is -2.36. The lowest BCUT2D eigenvalue weighted by atomic mass is 10.0. The first kappa shape index (κ1) is 12.6. The van der Waals surface area contributed by atoms with E-state index in [1.165, 1.54) is 52.1 Å². The van der Waals surface area contributed by atoms with Crippen LogP contribution in [0.5, 0.6) is 0 Å². The van der Waals surface area contributed by atoms with Gasteiger partial charge in [0.1, 0.15) is 0 Å². The van der Waals surface area contributed by atoms with Crippen LogP contribution in [0.3, 0.4) is 0 Å². The lowest BCUT2D eigenvalue weighted by Crippen LogP contribution is -2.48. The quantitative estimate of drug-likeness (QED) is 0.732. The summed E-state index contributed by atoms with van der Waals surface area (Å²) in [6.07, 6.45) is 2.92. The van der Waals surface area contributed by atoms with E-state index in [2.05, 4.69) is 22.2 Å². The minimum Gasteiger partial charge on any atom is -0.316 e. The van der Waals surface area contributed by atoms with E-state index in [1.807, 2.05) is 0 Å². The molecule has 1 N–H and O–H groups in total. The number of halogens is 1. The zero-order valence-corrected chi connectivity index (χ0v) is 11.0. The van der Waals surface area contributed by atoms with E-state index in [0.717, 1.165) is 17.9 Å². The minimum atomic E-state index is 0. The fraction of sp³-hybridized carbons (Fsp3) is 1.00. The SMILES string of the molecule is CN1CCN(C2C[C@H]3CNC[C@H]3C2)CC1.Cl. The summed E-state index contributed by atoms with van der Waals surface area (Å²) in [4.78, 5) is 5.20. The lowest BCUT2D eigenvalue weighted by molar-refractivity contribution is 0.110. The molecule has 16 heavy (non-hydrogen) atoms. The van der Waals surface area contributed by atoms with E-state index in [4.69, 9.17) is 0 Å². The van der Waals surface area contributed by atoms with Crippen molar-refractivity contribution in [2.45, 2.75) is 18.9 Å². The fourth-order valence-corrected chi connectivity index (χ4v) is 3.62. The third-order valence-corrected chi connectivity index (χ3v) is 4.68. The second-order valence-electron chi connectivity index (χ2n) is 5.64. The molecule has 3 aliphatic rings. The Morgan fingerprint density at radius 1 is 0.938 bits per heavy atom. The van der Waals surface area contributed by atoms with Crippen molar-refractivity contribution in [3.8, 4) is 0 Å². The van der Waals surface area contributed by atoms with E-state index in [-0.39, 0.29) is 12.4 Å². The van der Waals surface area contributed by atoms with Gasteiger partial charge < -0.3 is 10.2 Å². The molecule has 2 heterocycles. The first-order chi connectivity index (χ1) is 7.33. The van der Waals surface area contributed by atoms with Crippen LogP contribution in [-0.2, 0) is 0 Å². The summed E-state index contributed by atoms with van der Waals surface area (Å²) in [5, 5.41) is 3.53. The summed E-state index contributed by atoms with van der Waals surface area (Å²) in [5.74, 6) is 1.99. The molecule has 94 valence electrons. The number of fused-ring (bicyclic) bond motifs is 1. The van der Waals surface area contributed by atoms with Crippen LogP contribution in [0.25, 0.3) is 0 Å². The van der Waals surface area contributed by atoms with Gasteiger partial charge in [-0.15, -0.1) is 12.4 Å². The molecule has 2 saturated heterocycles. The zero-order chi connectivity index (χ0) is 10.3. The smallest absolute Gasteiger partial charge is 0.0113 e. The number of nitrogens with one attached hydrogen (secondary N) is 1. The second kappa shape index (κ2) is 5.21. The predicted octanol–water partition coefficient (Wildman–Crippen LogP) is 0.654. The van der Waals surface area contributed by atoms with Crippen LogP contribution in [0.4, 0.5) is 0 Å². The maximum Gasteiger partial charge on any atom is 0.0113 e. The van der Waals surface area contributed by atoms with Crippen molar-refractivity contribution in [3.63, 3.8) is 0 Å². The van der Waals surface area contributed by atoms with Crippen molar-refractivity contribution in [1.82, 2.24) is 15.1 Å². The largest absolute Gasteiger partial charge is 0.316 e. The Morgan fingerprint density at radius 2 is 1.50 bits per heavy atom. The van der Waals surface area contributed by atoms with Gasteiger partial charge in [0.2, 0.25) is 0 Å². The number of nitrogens with zero attached hydrogens (tertiary/aromatic N) is 2. The van der Waals surface area contributed by atoms with Crippen LogP contribution >= 0.6 is 12.4 Å². The molecule has 3 rings (SSSR count). The molecule has 0 spiro atoms. The van der Waals surface area contributed by atoms with Crippen LogP contribution in [-0.4, -0.2) is 62.2 Å². The molecule has 0 bridgehead atoms. The van der Waals surface area contributed by atoms with Crippen LogP contribution < -0.4 is 5.32 Å². The van der Waals surface area contributed by atoms with Crippen molar-refractivity contribution in [2.75, 3.05) is 46.3 Å². The van der Waals surface area contributed by atoms with Crippen molar-refractivity contribution in [1.29, 1.82) is 0 Å². The molecule has 1 unspecified atom stereocenters. The summed E-state index contributed by atoms with van der Waals surface area (Å²) >= 11 is 0. The van der Waals surface area contributed by atoms with Crippen LogP contribution in [0.2, 0.25) is 0 Å². The van der Waals surface area contributed by atoms with E-state index in [0.29, 0.717) is 0 Å². The van der Waals surface area contributed by atoms with Gasteiger partial charge in [0.15, 0.2) is 0 Å². The number of hydrogen-bond acceptors (Lipinski definition) is 3. The Balaban J connectivity index is 0.000000963. The van der Waals surface area contributed by atoms with Gasteiger partial charge in [0.25, 0.3) is 0 Å². The predicted molar refractivity (Wildman–Crippen MR) is 69.2 cm³/mol. The monoisotopic (exact) mass is 245 g/mol. The third kappa shape index (κ3) is 2.37. The van der Waals surface area contributed by atoms with Gasteiger partial charge in [-0.1, -0.05) is 0 Å². The number of likely N-dealkylation sites (N-methyl/N-ethyl adjacent to an activating group) is 1. The van der Waals surface area contributed by atoms with E-state index >= 15 is 0 Å². The Morgan fingerprint density at radius 3 is 2.06 bits per heavy atom. The highest BCUT2D eigenvalue weighted by atomic mass is 35.5. The third-order valence-electron chi connectivity index (χ3n) is 4.68. The highest BCUT2D eigenvalue weighted by Gasteiger charge is 2.39. The average Bonchev–Trinajstić information content (AvgIpc) is 2.78. The first-order valence-corrected chi connectivity index (χ1v) is 6.46. The Hall–Kier alpha value is 0.170. The molecule has 3 nitrogen and oxygen atoms in total. The van der Waals surface area contributed by atoms with E-state index in [1.54, 1.807) is 0 Å². The molecule has 1 aliphatic carbocycles. The Labute approximate surface area is 105 Å². The molecule has 0 aromatic rings. The maximum atomic E-state index is 3.53. The van der Waals surface area contributed by atoms with Gasteiger partial charge in [0, 0.05) is 32.2 Å². The van der Waals surface area contributed by atoms with Crippen molar-refractivity contribution in [3.05, 3.63) is 0 Å². The van der Waals surface area contributed by atoms with Gasteiger partial charge in [-0.25, -0.2) is 0 Å². The molecule has 4 heteroatoms. The first-order valence-electron chi connectivity index (χ1n) is 6.46. The highest BCUT2D eigenvalue weighted by Crippen LogP contribution is 2.37. The fourth-order valence-electron chi connectivity index (χ4n) is 3.62.